The van der Waals surface area contributed by atoms with Crippen molar-refractivity contribution < 1.29 is 28.6 Å². The summed E-state index contributed by atoms with van der Waals surface area (Å²) >= 11 is 0. The molecule has 198 valence electrons. The first kappa shape index (κ1) is 27.5. The third kappa shape index (κ3) is 5.36. The molecule has 1 unspecified atom stereocenters. The molecule has 1 aliphatic rings. The van der Waals surface area contributed by atoms with Crippen LogP contribution in [0.1, 0.15) is 24.1 Å². The first-order valence-electron chi connectivity index (χ1n) is 11.4. The number of allylic oxidation sites excluding steroid dienone is 1. The van der Waals surface area contributed by atoms with E-state index in [-0.39, 0.29) is 17.0 Å². The quantitative estimate of drug-likeness (QED) is 0.201. The van der Waals surface area contributed by atoms with Crippen molar-refractivity contribution in [1.29, 1.82) is 5.41 Å². The van der Waals surface area contributed by atoms with E-state index in [1.54, 1.807) is 49.4 Å². The Balaban J connectivity index is 2.04. The van der Waals surface area contributed by atoms with Crippen molar-refractivity contribution in [1.82, 2.24) is 10.4 Å². The number of nitrogens with two attached hydrogens (primary N) is 1. The van der Waals surface area contributed by atoms with E-state index < -0.39 is 23.8 Å². The second-order valence-electron chi connectivity index (χ2n) is 7.98. The average Bonchev–Trinajstić information content (AvgIpc) is 3.14. The van der Waals surface area contributed by atoms with Gasteiger partial charge in [0, 0.05) is 11.3 Å². The number of benzene rings is 2. The standard InChI is InChI=1S/C27H29N5O6/c1-6-8-19-18(7-2)26(34)32(27(19)35)31-25(33)22(30-17-11-9-15(10-12-17)24(28)29)16-13-20(36-3)23(38-5)21(14-16)37-4/h6-14,22,30H,2H2,1,3-5H3,(H3,28,29)(H,31,33)/b8-6-. The molecule has 0 aliphatic carbocycles. The van der Waals surface area contributed by atoms with Gasteiger partial charge in [-0.25, -0.2) is 0 Å². The number of anilines is 1. The largest absolute Gasteiger partial charge is 0.493 e. The second-order valence-corrected chi connectivity index (χ2v) is 7.98. The van der Waals surface area contributed by atoms with Crippen LogP contribution in [0.3, 0.4) is 0 Å². The molecule has 3 amide bonds. The van der Waals surface area contributed by atoms with Crippen molar-refractivity contribution in [3.8, 4) is 17.2 Å². The number of methoxy groups -OCH3 is 3. The highest BCUT2D eigenvalue weighted by molar-refractivity contribution is 6.22. The predicted octanol–water partition coefficient (Wildman–Crippen LogP) is 2.61. The Hall–Kier alpha value is -5.06. The molecular formula is C27H29N5O6. The van der Waals surface area contributed by atoms with Crippen molar-refractivity contribution in [2.24, 2.45) is 5.73 Å². The van der Waals surface area contributed by atoms with Gasteiger partial charge in [-0.1, -0.05) is 24.8 Å². The summed E-state index contributed by atoms with van der Waals surface area (Å²) in [5.41, 5.74) is 9.54. The van der Waals surface area contributed by atoms with E-state index in [0.29, 0.717) is 39.1 Å². The van der Waals surface area contributed by atoms with Gasteiger partial charge in [-0.2, -0.15) is 5.01 Å². The molecule has 11 heteroatoms. The van der Waals surface area contributed by atoms with Crippen LogP contribution in [0.25, 0.3) is 0 Å². The molecule has 0 fully saturated rings. The van der Waals surface area contributed by atoms with E-state index in [9.17, 15) is 14.4 Å². The molecule has 0 bridgehead atoms. The molecule has 0 aromatic heterocycles. The minimum Gasteiger partial charge on any atom is -0.493 e. The fraction of sp³-hybridized carbons (Fsp3) is 0.185. The molecule has 11 nitrogen and oxygen atoms in total. The van der Waals surface area contributed by atoms with E-state index >= 15 is 0 Å². The van der Waals surface area contributed by atoms with Crippen LogP contribution in [-0.2, 0) is 14.4 Å². The van der Waals surface area contributed by atoms with Gasteiger partial charge < -0.3 is 25.3 Å². The second kappa shape index (κ2) is 11.8. The first-order valence-corrected chi connectivity index (χ1v) is 11.4. The molecule has 0 saturated heterocycles. The van der Waals surface area contributed by atoms with Gasteiger partial charge in [0.2, 0.25) is 5.75 Å². The van der Waals surface area contributed by atoms with Crippen molar-refractivity contribution in [3.63, 3.8) is 0 Å². The number of rotatable bonds is 11. The molecule has 0 saturated carbocycles. The molecule has 2 aromatic carbocycles. The zero-order chi connectivity index (χ0) is 28.0. The Labute approximate surface area is 220 Å². The maximum Gasteiger partial charge on any atom is 0.280 e. The van der Waals surface area contributed by atoms with Gasteiger partial charge in [-0.3, -0.25) is 25.2 Å². The smallest absolute Gasteiger partial charge is 0.280 e. The molecule has 38 heavy (non-hydrogen) atoms. The monoisotopic (exact) mass is 519 g/mol. The van der Waals surface area contributed by atoms with Crippen LogP contribution < -0.4 is 30.7 Å². The van der Waals surface area contributed by atoms with Gasteiger partial charge in [-0.15, -0.1) is 0 Å². The Morgan fingerprint density at radius 1 is 1.03 bits per heavy atom. The number of carbonyl (C=O) groups is 3. The Morgan fingerprint density at radius 2 is 1.61 bits per heavy atom. The van der Waals surface area contributed by atoms with Crippen molar-refractivity contribution in [3.05, 3.63) is 83.5 Å². The Kier molecular flexibility index (Phi) is 8.54. The number of carbonyl (C=O) groups excluding carboxylic acids is 3. The van der Waals surface area contributed by atoms with Crippen LogP contribution in [0, 0.1) is 5.41 Å². The lowest BCUT2D eigenvalue weighted by Crippen LogP contribution is -2.49. The lowest BCUT2D eigenvalue weighted by molar-refractivity contribution is -0.147. The number of amidine groups is 1. The number of hydrogen-bond acceptors (Lipinski definition) is 8. The summed E-state index contributed by atoms with van der Waals surface area (Å²) in [7, 11) is 4.34. The van der Waals surface area contributed by atoms with Gasteiger partial charge in [0.05, 0.1) is 32.5 Å². The number of ether oxygens (including phenoxy) is 3. The van der Waals surface area contributed by atoms with Gasteiger partial charge >= 0.3 is 0 Å². The van der Waals surface area contributed by atoms with Crippen LogP contribution in [0.4, 0.5) is 5.69 Å². The Bertz CT molecular complexity index is 1320. The molecule has 3 rings (SSSR count). The van der Waals surface area contributed by atoms with Gasteiger partial charge in [0.15, 0.2) is 11.5 Å². The number of imide groups is 1. The maximum absolute atomic E-state index is 13.6. The minimum atomic E-state index is -1.13. The van der Waals surface area contributed by atoms with E-state index in [0.717, 1.165) is 0 Å². The van der Waals surface area contributed by atoms with E-state index in [2.05, 4.69) is 17.3 Å². The van der Waals surface area contributed by atoms with Crippen molar-refractivity contribution in [2.75, 3.05) is 26.6 Å². The summed E-state index contributed by atoms with van der Waals surface area (Å²) in [6.45, 7) is 5.31. The topological polar surface area (TPSA) is 156 Å². The Morgan fingerprint density at radius 3 is 2.08 bits per heavy atom. The van der Waals surface area contributed by atoms with Gasteiger partial charge in [0.1, 0.15) is 11.9 Å². The highest BCUT2D eigenvalue weighted by atomic mass is 16.5. The number of nitrogen functional groups attached to an aromatic ring is 1. The van der Waals surface area contributed by atoms with Crippen molar-refractivity contribution >= 4 is 29.2 Å². The predicted molar refractivity (Wildman–Crippen MR) is 142 cm³/mol. The average molecular weight is 520 g/mol. The molecular weight excluding hydrogens is 490 g/mol. The minimum absolute atomic E-state index is 0.0746. The summed E-state index contributed by atoms with van der Waals surface area (Å²) in [6.07, 6.45) is 4.36. The summed E-state index contributed by atoms with van der Waals surface area (Å²) in [5.74, 6) is -1.30. The number of nitrogens with one attached hydrogen (secondary N) is 3. The molecule has 1 atom stereocenters. The number of hydrazine groups is 1. The lowest BCUT2D eigenvalue weighted by atomic mass is 10.0. The molecule has 0 radical (unpaired) electrons. The highest BCUT2D eigenvalue weighted by Crippen LogP contribution is 2.40. The molecule has 5 N–H and O–H groups in total. The van der Waals surface area contributed by atoms with E-state index in [4.69, 9.17) is 25.4 Å². The summed E-state index contributed by atoms with van der Waals surface area (Å²) in [5, 5.41) is 11.3. The lowest BCUT2D eigenvalue weighted by Gasteiger charge is -2.24. The SMILES string of the molecule is C=CC1=C(/C=C\C)C(=O)N(NC(=O)C(Nc2ccc(C(=N)N)cc2)c2cc(OC)c(OC)c(OC)c2)C1=O. The van der Waals surface area contributed by atoms with E-state index in [1.165, 1.54) is 33.5 Å². The van der Waals surface area contributed by atoms with Crippen LogP contribution >= 0.6 is 0 Å². The number of amides is 3. The van der Waals surface area contributed by atoms with Gasteiger partial charge in [0.25, 0.3) is 17.7 Å². The summed E-state index contributed by atoms with van der Waals surface area (Å²) < 4.78 is 16.2. The molecule has 2 aromatic rings. The fourth-order valence-corrected chi connectivity index (χ4v) is 3.85. The zero-order valence-electron chi connectivity index (χ0n) is 21.5. The number of nitrogens with zero attached hydrogens (tertiary/aromatic N) is 1. The summed E-state index contributed by atoms with van der Waals surface area (Å²) in [6, 6.07) is 8.54. The molecule has 1 aliphatic heterocycles. The normalized spacial score (nSPS) is 13.9. The third-order valence-corrected chi connectivity index (χ3v) is 5.71. The zero-order valence-corrected chi connectivity index (χ0v) is 21.5. The van der Waals surface area contributed by atoms with E-state index in [1.807, 2.05) is 0 Å². The van der Waals surface area contributed by atoms with Crippen LogP contribution in [0.2, 0.25) is 0 Å². The number of hydrogen-bond donors (Lipinski definition) is 4. The molecule has 1 heterocycles. The maximum atomic E-state index is 13.6. The van der Waals surface area contributed by atoms with Crippen LogP contribution in [-0.4, -0.2) is 49.9 Å². The molecule has 0 spiro atoms. The van der Waals surface area contributed by atoms with Crippen molar-refractivity contribution in [2.45, 2.75) is 13.0 Å². The van der Waals surface area contributed by atoms with Crippen LogP contribution in [0.5, 0.6) is 17.2 Å². The first-order chi connectivity index (χ1) is 18.2. The van der Waals surface area contributed by atoms with Gasteiger partial charge in [-0.05, 0) is 48.9 Å². The summed E-state index contributed by atoms with van der Waals surface area (Å²) in [4.78, 5) is 39.5. The third-order valence-electron chi connectivity index (χ3n) is 5.71. The fourth-order valence-electron chi connectivity index (χ4n) is 3.85. The van der Waals surface area contributed by atoms with Crippen LogP contribution in [0.15, 0.2) is 72.4 Å². The highest BCUT2D eigenvalue weighted by Gasteiger charge is 2.38.